The lowest BCUT2D eigenvalue weighted by Gasteiger charge is -2.32. The second-order valence-electron chi connectivity index (χ2n) is 5.76. The van der Waals surface area contributed by atoms with Crippen LogP contribution in [0.15, 0.2) is 24.3 Å². The Labute approximate surface area is 115 Å². The Hall–Kier alpha value is -0.970. The van der Waals surface area contributed by atoms with Gasteiger partial charge in [0.2, 0.25) is 0 Å². The van der Waals surface area contributed by atoms with Gasteiger partial charge in [0.25, 0.3) is 0 Å². The number of hydrogen-bond donors (Lipinski definition) is 1. The first-order chi connectivity index (χ1) is 8.99. The predicted molar refractivity (Wildman–Crippen MR) is 76.5 cm³/mol. The molecule has 1 heterocycles. The highest BCUT2D eigenvalue weighted by atomic mass is 19.1. The van der Waals surface area contributed by atoms with Gasteiger partial charge in [0.1, 0.15) is 5.82 Å². The molecule has 0 spiro atoms. The van der Waals surface area contributed by atoms with E-state index in [1.807, 2.05) is 19.1 Å². The van der Waals surface area contributed by atoms with E-state index in [1.165, 1.54) is 12.1 Å². The van der Waals surface area contributed by atoms with Gasteiger partial charge in [-0.05, 0) is 45.1 Å². The van der Waals surface area contributed by atoms with Gasteiger partial charge in [-0.2, -0.15) is 0 Å². The van der Waals surface area contributed by atoms with Crippen molar-refractivity contribution in [3.8, 4) is 0 Å². The summed E-state index contributed by atoms with van der Waals surface area (Å²) in [5, 5.41) is 0. The Morgan fingerprint density at radius 1 is 1.32 bits per heavy atom. The average molecular weight is 265 g/mol. The Bertz CT molecular complexity index is 402. The SMILES string of the molecule is CC(N)C(c1ccc(F)cc1)N1CCC(N(C)C)C1. The van der Waals surface area contributed by atoms with Crippen molar-refractivity contribution in [1.29, 1.82) is 0 Å². The third kappa shape index (κ3) is 3.32. The molecule has 1 aromatic rings. The Kier molecular flexibility index (Phi) is 4.55. The van der Waals surface area contributed by atoms with Crippen LogP contribution in [0.4, 0.5) is 4.39 Å². The molecule has 2 rings (SSSR count). The third-order valence-electron chi connectivity index (χ3n) is 4.03. The maximum atomic E-state index is 13.0. The van der Waals surface area contributed by atoms with Crippen LogP contribution in [0.1, 0.15) is 24.9 Å². The summed E-state index contributed by atoms with van der Waals surface area (Å²) in [5.41, 5.74) is 7.27. The number of likely N-dealkylation sites (tertiary alicyclic amines) is 1. The van der Waals surface area contributed by atoms with Crippen LogP contribution < -0.4 is 5.73 Å². The van der Waals surface area contributed by atoms with Gasteiger partial charge in [-0.3, -0.25) is 4.90 Å². The first-order valence-corrected chi connectivity index (χ1v) is 6.90. The summed E-state index contributed by atoms with van der Waals surface area (Å²) in [4.78, 5) is 4.69. The van der Waals surface area contributed by atoms with Crippen molar-refractivity contribution in [2.75, 3.05) is 27.2 Å². The summed E-state index contributed by atoms with van der Waals surface area (Å²) in [6.07, 6.45) is 1.16. The number of nitrogens with two attached hydrogens (primary N) is 1. The molecule has 3 nitrogen and oxygen atoms in total. The van der Waals surface area contributed by atoms with E-state index in [4.69, 9.17) is 5.73 Å². The van der Waals surface area contributed by atoms with E-state index in [2.05, 4.69) is 23.9 Å². The molecule has 106 valence electrons. The molecule has 1 fully saturated rings. The van der Waals surface area contributed by atoms with Gasteiger partial charge in [-0.15, -0.1) is 0 Å². The number of halogens is 1. The van der Waals surface area contributed by atoms with E-state index in [0.717, 1.165) is 25.1 Å². The minimum atomic E-state index is -0.195. The van der Waals surface area contributed by atoms with Crippen molar-refractivity contribution in [2.45, 2.75) is 31.5 Å². The minimum absolute atomic E-state index is 0.0337. The Morgan fingerprint density at radius 2 is 1.95 bits per heavy atom. The van der Waals surface area contributed by atoms with Crippen molar-refractivity contribution >= 4 is 0 Å². The van der Waals surface area contributed by atoms with Crippen LogP contribution in [0.5, 0.6) is 0 Å². The zero-order chi connectivity index (χ0) is 14.0. The van der Waals surface area contributed by atoms with Gasteiger partial charge < -0.3 is 10.6 Å². The van der Waals surface area contributed by atoms with Crippen molar-refractivity contribution in [1.82, 2.24) is 9.80 Å². The molecule has 19 heavy (non-hydrogen) atoms. The van der Waals surface area contributed by atoms with E-state index in [0.29, 0.717) is 6.04 Å². The highest BCUT2D eigenvalue weighted by molar-refractivity contribution is 5.22. The fourth-order valence-electron chi connectivity index (χ4n) is 2.95. The minimum Gasteiger partial charge on any atom is -0.326 e. The molecule has 0 amide bonds. The van der Waals surface area contributed by atoms with Gasteiger partial charge in [-0.1, -0.05) is 12.1 Å². The maximum Gasteiger partial charge on any atom is 0.123 e. The van der Waals surface area contributed by atoms with Crippen molar-refractivity contribution < 1.29 is 4.39 Å². The summed E-state index contributed by atoms with van der Waals surface area (Å²) in [6.45, 7) is 4.10. The molecule has 1 saturated heterocycles. The van der Waals surface area contributed by atoms with Crippen LogP contribution in [0.2, 0.25) is 0 Å². The van der Waals surface area contributed by atoms with Crippen molar-refractivity contribution in [3.05, 3.63) is 35.6 Å². The number of likely N-dealkylation sites (N-methyl/N-ethyl adjacent to an activating group) is 1. The molecule has 1 aliphatic rings. The van der Waals surface area contributed by atoms with Crippen LogP contribution in [0.25, 0.3) is 0 Å². The molecule has 0 aliphatic carbocycles. The molecule has 4 heteroatoms. The third-order valence-corrected chi connectivity index (χ3v) is 4.03. The predicted octanol–water partition coefficient (Wildman–Crippen LogP) is 1.85. The Balaban J connectivity index is 2.15. The maximum absolute atomic E-state index is 13.0. The number of rotatable bonds is 4. The van der Waals surface area contributed by atoms with E-state index < -0.39 is 0 Å². The first kappa shape index (κ1) is 14.4. The molecular weight excluding hydrogens is 241 g/mol. The van der Waals surface area contributed by atoms with Gasteiger partial charge >= 0.3 is 0 Å². The molecule has 3 unspecified atom stereocenters. The summed E-state index contributed by atoms with van der Waals surface area (Å²) in [7, 11) is 4.24. The van der Waals surface area contributed by atoms with Gasteiger partial charge in [0, 0.05) is 31.2 Å². The van der Waals surface area contributed by atoms with Crippen molar-refractivity contribution in [2.24, 2.45) is 5.73 Å². The van der Waals surface area contributed by atoms with Crippen LogP contribution >= 0.6 is 0 Å². The first-order valence-electron chi connectivity index (χ1n) is 6.90. The lowest BCUT2D eigenvalue weighted by atomic mass is 9.99. The largest absolute Gasteiger partial charge is 0.326 e. The quantitative estimate of drug-likeness (QED) is 0.902. The monoisotopic (exact) mass is 265 g/mol. The van der Waals surface area contributed by atoms with E-state index in [1.54, 1.807) is 0 Å². The standard InChI is InChI=1S/C15H24FN3/c1-11(17)15(12-4-6-13(16)7-5-12)19-9-8-14(10-19)18(2)3/h4-7,11,14-15H,8-10,17H2,1-3H3. The zero-order valence-corrected chi connectivity index (χ0v) is 12.0. The summed E-state index contributed by atoms with van der Waals surface area (Å²) in [6, 6.07) is 7.53. The average Bonchev–Trinajstić information content (AvgIpc) is 2.81. The molecule has 0 aromatic heterocycles. The summed E-state index contributed by atoms with van der Waals surface area (Å²) >= 11 is 0. The fraction of sp³-hybridized carbons (Fsp3) is 0.600. The number of benzene rings is 1. The molecular formula is C15H24FN3. The molecule has 0 saturated carbocycles. The van der Waals surface area contributed by atoms with E-state index >= 15 is 0 Å². The van der Waals surface area contributed by atoms with Crippen LogP contribution in [0.3, 0.4) is 0 Å². The topological polar surface area (TPSA) is 32.5 Å². The summed E-state index contributed by atoms with van der Waals surface area (Å²) in [5.74, 6) is -0.195. The van der Waals surface area contributed by atoms with Gasteiger partial charge in [0.15, 0.2) is 0 Å². The number of hydrogen-bond acceptors (Lipinski definition) is 3. The molecule has 1 aliphatic heterocycles. The molecule has 3 atom stereocenters. The molecule has 1 aromatic carbocycles. The van der Waals surface area contributed by atoms with Gasteiger partial charge in [-0.25, -0.2) is 4.39 Å². The fourth-order valence-corrected chi connectivity index (χ4v) is 2.95. The van der Waals surface area contributed by atoms with Crippen LogP contribution in [-0.2, 0) is 0 Å². The van der Waals surface area contributed by atoms with Crippen LogP contribution in [-0.4, -0.2) is 49.1 Å². The lowest BCUT2D eigenvalue weighted by molar-refractivity contribution is 0.197. The van der Waals surface area contributed by atoms with E-state index in [-0.39, 0.29) is 17.9 Å². The molecule has 0 bridgehead atoms. The lowest BCUT2D eigenvalue weighted by Crippen LogP contribution is -2.40. The van der Waals surface area contributed by atoms with E-state index in [9.17, 15) is 4.39 Å². The second kappa shape index (κ2) is 5.99. The second-order valence-corrected chi connectivity index (χ2v) is 5.76. The number of nitrogens with zero attached hydrogens (tertiary/aromatic N) is 2. The summed E-state index contributed by atoms with van der Waals surface area (Å²) < 4.78 is 13.0. The normalized spacial score (nSPS) is 23.8. The highest BCUT2D eigenvalue weighted by Gasteiger charge is 2.31. The van der Waals surface area contributed by atoms with Crippen molar-refractivity contribution in [3.63, 3.8) is 0 Å². The highest BCUT2D eigenvalue weighted by Crippen LogP contribution is 2.28. The zero-order valence-electron chi connectivity index (χ0n) is 12.0. The molecule has 0 radical (unpaired) electrons. The van der Waals surface area contributed by atoms with Crippen LogP contribution in [0, 0.1) is 5.82 Å². The van der Waals surface area contributed by atoms with Gasteiger partial charge in [0.05, 0.1) is 0 Å². The smallest absolute Gasteiger partial charge is 0.123 e. The Morgan fingerprint density at radius 3 is 2.42 bits per heavy atom. The molecule has 2 N–H and O–H groups in total.